The van der Waals surface area contributed by atoms with E-state index >= 15 is 0 Å². The van der Waals surface area contributed by atoms with Crippen LogP contribution in [0.2, 0.25) is 0 Å². The molecule has 0 saturated heterocycles. The van der Waals surface area contributed by atoms with Gasteiger partial charge in [0.15, 0.2) is 5.11 Å². The van der Waals surface area contributed by atoms with Crippen LogP contribution in [0.4, 0.5) is 5.69 Å². The van der Waals surface area contributed by atoms with Crippen LogP contribution in [0.15, 0.2) is 24.5 Å². The fourth-order valence-corrected chi connectivity index (χ4v) is 1.43. The number of nitrogens with one attached hydrogen (secondary N) is 2. The molecular formula is C12H19N3OS. The maximum atomic E-state index is 5.43. The standard InChI is InChI=1S/C12H19N3OS/c1-10(2)16-8-4-7-14-12(17)15-11-5-3-6-13-9-11/h3,5-6,9-10H,4,7-8H2,1-2H3,(H2,14,15,17). The summed E-state index contributed by atoms with van der Waals surface area (Å²) in [6.07, 6.45) is 4.68. The Bertz CT molecular complexity index is 330. The van der Waals surface area contributed by atoms with E-state index in [1.165, 1.54) is 0 Å². The molecule has 1 rings (SSSR count). The first kappa shape index (κ1) is 13.9. The minimum absolute atomic E-state index is 0.287. The molecule has 1 aromatic rings. The van der Waals surface area contributed by atoms with E-state index < -0.39 is 0 Å². The van der Waals surface area contributed by atoms with Crippen LogP contribution in [0, 0.1) is 0 Å². The Morgan fingerprint density at radius 2 is 2.35 bits per heavy atom. The molecule has 17 heavy (non-hydrogen) atoms. The number of thiocarbonyl (C=S) groups is 1. The topological polar surface area (TPSA) is 46.2 Å². The lowest BCUT2D eigenvalue weighted by molar-refractivity contribution is 0.0777. The molecule has 0 bridgehead atoms. The van der Waals surface area contributed by atoms with Crippen LogP contribution >= 0.6 is 12.2 Å². The first-order valence-corrected chi connectivity index (χ1v) is 6.16. The zero-order valence-electron chi connectivity index (χ0n) is 10.3. The molecule has 0 aliphatic heterocycles. The number of hydrogen-bond acceptors (Lipinski definition) is 3. The molecule has 1 heterocycles. The van der Waals surface area contributed by atoms with Crippen molar-refractivity contribution in [1.29, 1.82) is 0 Å². The summed E-state index contributed by atoms with van der Waals surface area (Å²) in [4.78, 5) is 4.00. The SMILES string of the molecule is CC(C)OCCCNC(=S)Nc1cccnc1. The average Bonchev–Trinajstić information content (AvgIpc) is 2.29. The highest BCUT2D eigenvalue weighted by atomic mass is 32.1. The van der Waals surface area contributed by atoms with Crippen LogP contribution in [0.3, 0.4) is 0 Å². The molecule has 0 saturated carbocycles. The minimum Gasteiger partial charge on any atom is -0.379 e. The zero-order chi connectivity index (χ0) is 12.5. The van der Waals surface area contributed by atoms with Crippen LogP contribution in [-0.2, 0) is 4.74 Å². The molecule has 1 aromatic heterocycles. The maximum Gasteiger partial charge on any atom is 0.170 e. The van der Waals surface area contributed by atoms with Crippen molar-refractivity contribution in [2.75, 3.05) is 18.5 Å². The minimum atomic E-state index is 0.287. The maximum absolute atomic E-state index is 5.43. The van der Waals surface area contributed by atoms with Gasteiger partial charge < -0.3 is 15.4 Å². The Morgan fingerprint density at radius 1 is 1.53 bits per heavy atom. The summed E-state index contributed by atoms with van der Waals surface area (Å²) < 4.78 is 5.43. The second kappa shape index (κ2) is 7.97. The van der Waals surface area contributed by atoms with Crippen LogP contribution in [0.25, 0.3) is 0 Å². The molecule has 4 nitrogen and oxygen atoms in total. The van der Waals surface area contributed by atoms with Gasteiger partial charge in [-0.05, 0) is 44.6 Å². The van der Waals surface area contributed by atoms with Gasteiger partial charge in [-0.15, -0.1) is 0 Å². The molecule has 0 aromatic carbocycles. The Labute approximate surface area is 108 Å². The van der Waals surface area contributed by atoms with Gasteiger partial charge in [-0.3, -0.25) is 4.98 Å². The van der Waals surface area contributed by atoms with E-state index in [-0.39, 0.29) is 6.10 Å². The van der Waals surface area contributed by atoms with Crippen LogP contribution in [0.5, 0.6) is 0 Å². The van der Waals surface area contributed by atoms with Gasteiger partial charge in [0.25, 0.3) is 0 Å². The number of anilines is 1. The van der Waals surface area contributed by atoms with E-state index in [1.54, 1.807) is 12.4 Å². The Morgan fingerprint density at radius 3 is 3.00 bits per heavy atom. The summed E-state index contributed by atoms with van der Waals surface area (Å²) in [6.45, 7) is 5.61. The number of ether oxygens (including phenoxy) is 1. The van der Waals surface area contributed by atoms with Crippen LogP contribution in [0.1, 0.15) is 20.3 Å². The van der Waals surface area contributed by atoms with E-state index in [9.17, 15) is 0 Å². The van der Waals surface area contributed by atoms with E-state index in [2.05, 4.69) is 15.6 Å². The summed E-state index contributed by atoms with van der Waals surface area (Å²) >= 11 is 5.15. The van der Waals surface area contributed by atoms with Crippen molar-refractivity contribution in [3.63, 3.8) is 0 Å². The van der Waals surface area contributed by atoms with Crippen molar-refractivity contribution < 1.29 is 4.74 Å². The van der Waals surface area contributed by atoms with Crippen LogP contribution in [-0.4, -0.2) is 29.4 Å². The second-order valence-electron chi connectivity index (χ2n) is 3.90. The van der Waals surface area contributed by atoms with Gasteiger partial charge in [-0.1, -0.05) is 0 Å². The summed E-state index contributed by atoms with van der Waals surface area (Å²) in [5.41, 5.74) is 0.892. The van der Waals surface area contributed by atoms with Gasteiger partial charge in [-0.2, -0.15) is 0 Å². The number of rotatable bonds is 6. The predicted octanol–water partition coefficient (Wildman–Crippen LogP) is 2.18. The third kappa shape index (κ3) is 6.86. The van der Waals surface area contributed by atoms with Crippen LogP contribution < -0.4 is 10.6 Å². The van der Waals surface area contributed by atoms with Gasteiger partial charge >= 0.3 is 0 Å². The van der Waals surface area contributed by atoms with Gasteiger partial charge in [0.05, 0.1) is 18.0 Å². The normalized spacial score (nSPS) is 10.3. The lowest BCUT2D eigenvalue weighted by atomic mass is 10.4. The molecular weight excluding hydrogens is 234 g/mol. The van der Waals surface area contributed by atoms with Crippen molar-refractivity contribution >= 4 is 23.0 Å². The highest BCUT2D eigenvalue weighted by molar-refractivity contribution is 7.80. The van der Waals surface area contributed by atoms with Gasteiger partial charge in [0.1, 0.15) is 0 Å². The smallest absolute Gasteiger partial charge is 0.170 e. The molecule has 0 fully saturated rings. The predicted molar refractivity (Wildman–Crippen MR) is 74.2 cm³/mol. The van der Waals surface area contributed by atoms with Crippen molar-refractivity contribution in [2.45, 2.75) is 26.4 Å². The van der Waals surface area contributed by atoms with Crippen molar-refractivity contribution in [2.24, 2.45) is 0 Å². The average molecular weight is 253 g/mol. The molecule has 0 amide bonds. The number of pyridine rings is 1. The lowest BCUT2D eigenvalue weighted by Gasteiger charge is -2.11. The molecule has 5 heteroatoms. The molecule has 94 valence electrons. The van der Waals surface area contributed by atoms with E-state index in [0.29, 0.717) is 5.11 Å². The van der Waals surface area contributed by atoms with Gasteiger partial charge in [0.2, 0.25) is 0 Å². The lowest BCUT2D eigenvalue weighted by Crippen LogP contribution is -2.30. The summed E-state index contributed by atoms with van der Waals surface area (Å²) in [5.74, 6) is 0. The Balaban J connectivity index is 2.10. The zero-order valence-corrected chi connectivity index (χ0v) is 11.1. The van der Waals surface area contributed by atoms with Crippen molar-refractivity contribution in [1.82, 2.24) is 10.3 Å². The van der Waals surface area contributed by atoms with Crippen molar-refractivity contribution in [3.05, 3.63) is 24.5 Å². The van der Waals surface area contributed by atoms with E-state index in [1.807, 2.05) is 26.0 Å². The first-order valence-electron chi connectivity index (χ1n) is 5.75. The molecule has 0 aliphatic carbocycles. The largest absolute Gasteiger partial charge is 0.379 e. The Hall–Kier alpha value is -1.20. The summed E-state index contributed by atoms with van der Waals surface area (Å²) in [6, 6.07) is 3.78. The second-order valence-corrected chi connectivity index (χ2v) is 4.30. The third-order valence-electron chi connectivity index (χ3n) is 1.98. The van der Waals surface area contributed by atoms with Gasteiger partial charge in [-0.25, -0.2) is 0 Å². The first-order chi connectivity index (χ1) is 8.18. The molecule has 0 radical (unpaired) electrons. The summed E-state index contributed by atoms with van der Waals surface area (Å²) in [7, 11) is 0. The number of nitrogens with zero attached hydrogens (tertiary/aromatic N) is 1. The fourth-order valence-electron chi connectivity index (χ4n) is 1.21. The Kier molecular flexibility index (Phi) is 6.50. The molecule has 0 spiro atoms. The molecule has 0 unspecified atom stereocenters. The highest BCUT2D eigenvalue weighted by Gasteiger charge is 1.97. The highest BCUT2D eigenvalue weighted by Crippen LogP contribution is 2.01. The summed E-state index contributed by atoms with van der Waals surface area (Å²) in [5, 5.41) is 6.79. The molecule has 0 aliphatic rings. The number of hydrogen-bond donors (Lipinski definition) is 2. The van der Waals surface area contributed by atoms with Crippen molar-refractivity contribution in [3.8, 4) is 0 Å². The molecule has 2 N–H and O–H groups in total. The van der Waals surface area contributed by atoms with E-state index in [0.717, 1.165) is 25.3 Å². The fraction of sp³-hybridized carbons (Fsp3) is 0.500. The van der Waals surface area contributed by atoms with Gasteiger partial charge in [0, 0.05) is 19.3 Å². The number of aromatic nitrogens is 1. The van der Waals surface area contributed by atoms with E-state index in [4.69, 9.17) is 17.0 Å². The monoisotopic (exact) mass is 253 g/mol. The molecule has 0 atom stereocenters. The quantitative estimate of drug-likeness (QED) is 0.601. The third-order valence-corrected chi connectivity index (χ3v) is 2.22.